The quantitative estimate of drug-likeness (QED) is 0.323. The first-order chi connectivity index (χ1) is 8.82. The van der Waals surface area contributed by atoms with Gasteiger partial charge in [0.1, 0.15) is 6.04 Å². The molecule has 108 valence electrons. The number of hydrogen-bond donors (Lipinski definition) is 4. The Kier molecular flexibility index (Phi) is 7.94. The number of hydrogen-bond acceptors (Lipinski definition) is 4. The van der Waals surface area contributed by atoms with Crippen LogP contribution in [0, 0.1) is 0 Å². The molecule has 0 bridgehead atoms. The SMILES string of the molecule is C=C(C)COCCNC(=O)N[C@@H](CC(N)=O)C(=O)O. The molecule has 8 nitrogen and oxygen atoms in total. The number of nitrogens with two attached hydrogens (primary N) is 1. The second kappa shape index (κ2) is 8.92. The maximum Gasteiger partial charge on any atom is 0.326 e. The van der Waals surface area contributed by atoms with Gasteiger partial charge in [-0.25, -0.2) is 9.59 Å². The molecule has 1 atom stereocenters. The molecular weight excluding hydrogens is 254 g/mol. The molecular formula is C11H19N3O5. The maximum atomic E-state index is 11.3. The molecule has 0 fully saturated rings. The number of nitrogens with one attached hydrogen (secondary N) is 2. The van der Waals surface area contributed by atoms with Crippen molar-refractivity contribution in [3.8, 4) is 0 Å². The van der Waals surface area contributed by atoms with E-state index in [2.05, 4.69) is 17.2 Å². The van der Waals surface area contributed by atoms with Crippen molar-refractivity contribution in [2.24, 2.45) is 5.73 Å². The Morgan fingerprint density at radius 2 is 2.05 bits per heavy atom. The summed E-state index contributed by atoms with van der Waals surface area (Å²) in [5.41, 5.74) is 5.73. The first-order valence-corrected chi connectivity index (χ1v) is 5.60. The Balaban J connectivity index is 3.90. The number of aliphatic carboxylic acids is 1. The molecule has 8 heteroatoms. The highest BCUT2D eigenvalue weighted by molar-refractivity contribution is 5.87. The number of urea groups is 1. The molecule has 3 amide bonds. The summed E-state index contributed by atoms with van der Waals surface area (Å²) in [6.45, 7) is 6.32. The minimum Gasteiger partial charge on any atom is -0.480 e. The lowest BCUT2D eigenvalue weighted by Crippen LogP contribution is -2.48. The molecule has 0 heterocycles. The second-order valence-corrected chi connectivity index (χ2v) is 3.97. The summed E-state index contributed by atoms with van der Waals surface area (Å²) < 4.78 is 5.13. The predicted molar refractivity (Wildman–Crippen MR) is 67.4 cm³/mol. The van der Waals surface area contributed by atoms with Crippen molar-refractivity contribution < 1.29 is 24.2 Å². The van der Waals surface area contributed by atoms with Crippen LogP contribution in [0.4, 0.5) is 4.79 Å². The van der Waals surface area contributed by atoms with Crippen LogP contribution in [0.25, 0.3) is 0 Å². The summed E-state index contributed by atoms with van der Waals surface area (Å²) in [5, 5.41) is 13.3. The van der Waals surface area contributed by atoms with E-state index in [0.29, 0.717) is 6.61 Å². The zero-order valence-corrected chi connectivity index (χ0v) is 10.8. The fourth-order valence-electron chi connectivity index (χ4n) is 1.09. The van der Waals surface area contributed by atoms with Crippen LogP contribution < -0.4 is 16.4 Å². The van der Waals surface area contributed by atoms with E-state index in [-0.39, 0.29) is 13.2 Å². The topological polar surface area (TPSA) is 131 Å². The first kappa shape index (κ1) is 16.9. The van der Waals surface area contributed by atoms with Gasteiger partial charge in [-0.3, -0.25) is 4.79 Å². The van der Waals surface area contributed by atoms with Crippen molar-refractivity contribution in [2.75, 3.05) is 19.8 Å². The summed E-state index contributed by atoms with van der Waals surface area (Å²) in [7, 11) is 0. The van der Waals surface area contributed by atoms with Crippen LogP contribution in [0.15, 0.2) is 12.2 Å². The first-order valence-electron chi connectivity index (χ1n) is 5.60. The zero-order chi connectivity index (χ0) is 14.8. The van der Waals surface area contributed by atoms with E-state index >= 15 is 0 Å². The van der Waals surface area contributed by atoms with Crippen LogP contribution in [0.3, 0.4) is 0 Å². The lowest BCUT2D eigenvalue weighted by molar-refractivity contribution is -0.140. The number of amides is 3. The Morgan fingerprint density at radius 1 is 1.42 bits per heavy atom. The van der Waals surface area contributed by atoms with E-state index in [1.165, 1.54) is 0 Å². The van der Waals surface area contributed by atoms with Gasteiger partial charge in [0.2, 0.25) is 5.91 Å². The zero-order valence-electron chi connectivity index (χ0n) is 10.8. The van der Waals surface area contributed by atoms with Gasteiger partial charge in [0.05, 0.1) is 19.6 Å². The fraction of sp³-hybridized carbons (Fsp3) is 0.545. The smallest absolute Gasteiger partial charge is 0.326 e. The molecule has 0 spiro atoms. The van der Waals surface area contributed by atoms with Crippen molar-refractivity contribution in [3.63, 3.8) is 0 Å². The Hall–Kier alpha value is -2.09. The molecule has 19 heavy (non-hydrogen) atoms. The minimum absolute atomic E-state index is 0.210. The van der Waals surface area contributed by atoms with Crippen LogP contribution in [0.5, 0.6) is 0 Å². The van der Waals surface area contributed by atoms with E-state index in [9.17, 15) is 14.4 Å². The van der Waals surface area contributed by atoms with Crippen LogP contribution in [0.1, 0.15) is 13.3 Å². The van der Waals surface area contributed by atoms with Gasteiger partial charge in [0.25, 0.3) is 0 Å². The molecule has 0 aliphatic carbocycles. The second-order valence-electron chi connectivity index (χ2n) is 3.97. The number of carbonyl (C=O) groups is 3. The normalized spacial score (nSPS) is 11.4. The number of carboxylic acid groups (broad SMARTS) is 1. The minimum atomic E-state index is -1.34. The summed E-state index contributed by atoms with van der Waals surface area (Å²) in [5.74, 6) is -2.13. The Labute approximate surface area is 111 Å². The lowest BCUT2D eigenvalue weighted by atomic mass is 10.2. The molecule has 0 aliphatic rings. The van der Waals surface area contributed by atoms with Crippen LogP contribution in [0.2, 0.25) is 0 Å². The molecule has 0 saturated heterocycles. The third-order valence-corrected chi connectivity index (χ3v) is 1.89. The molecule has 0 aromatic rings. The molecule has 0 aromatic carbocycles. The molecule has 0 rings (SSSR count). The molecule has 0 saturated carbocycles. The van der Waals surface area contributed by atoms with E-state index in [0.717, 1.165) is 5.57 Å². The fourth-order valence-corrected chi connectivity index (χ4v) is 1.09. The van der Waals surface area contributed by atoms with Crippen molar-refractivity contribution in [2.45, 2.75) is 19.4 Å². The lowest BCUT2D eigenvalue weighted by Gasteiger charge is -2.13. The van der Waals surface area contributed by atoms with Gasteiger partial charge < -0.3 is 26.2 Å². The van der Waals surface area contributed by atoms with E-state index < -0.39 is 30.4 Å². The van der Waals surface area contributed by atoms with Crippen LogP contribution >= 0.6 is 0 Å². The Morgan fingerprint density at radius 3 is 2.53 bits per heavy atom. The highest BCUT2D eigenvalue weighted by Gasteiger charge is 2.21. The van der Waals surface area contributed by atoms with Gasteiger partial charge in [0, 0.05) is 6.54 Å². The van der Waals surface area contributed by atoms with Gasteiger partial charge in [-0.2, -0.15) is 0 Å². The number of rotatable bonds is 9. The van der Waals surface area contributed by atoms with Crippen LogP contribution in [-0.4, -0.2) is 48.8 Å². The number of carboxylic acids is 1. The summed E-state index contributed by atoms with van der Waals surface area (Å²) in [6.07, 6.45) is -0.463. The Bertz CT molecular complexity index is 356. The average molecular weight is 273 g/mol. The molecule has 0 radical (unpaired) electrons. The predicted octanol–water partition coefficient (Wildman–Crippen LogP) is -0.793. The van der Waals surface area contributed by atoms with Gasteiger partial charge in [-0.15, -0.1) is 0 Å². The van der Waals surface area contributed by atoms with Gasteiger partial charge in [-0.05, 0) is 6.92 Å². The van der Waals surface area contributed by atoms with Crippen molar-refractivity contribution in [1.82, 2.24) is 10.6 Å². The summed E-state index contributed by atoms with van der Waals surface area (Å²) in [6, 6.07) is -2.04. The van der Waals surface area contributed by atoms with E-state index in [1.807, 2.05) is 0 Å². The molecule has 5 N–H and O–H groups in total. The average Bonchev–Trinajstić information content (AvgIpc) is 2.26. The van der Waals surface area contributed by atoms with Crippen LogP contribution in [-0.2, 0) is 14.3 Å². The third kappa shape index (κ3) is 9.60. The van der Waals surface area contributed by atoms with Gasteiger partial charge in [-0.1, -0.05) is 12.2 Å². The van der Waals surface area contributed by atoms with E-state index in [1.54, 1.807) is 6.92 Å². The highest BCUT2D eigenvalue weighted by Crippen LogP contribution is 1.91. The summed E-state index contributed by atoms with van der Waals surface area (Å²) in [4.78, 5) is 32.7. The largest absolute Gasteiger partial charge is 0.480 e. The molecule has 0 unspecified atom stereocenters. The number of carbonyl (C=O) groups excluding carboxylic acids is 2. The van der Waals surface area contributed by atoms with Gasteiger partial charge >= 0.3 is 12.0 Å². The van der Waals surface area contributed by atoms with Crippen molar-refractivity contribution >= 4 is 17.9 Å². The molecule has 0 aliphatic heterocycles. The van der Waals surface area contributed by atoms with Crippen molar-refractivity contribution in [3.05, 3.63) is 12.2 Å². The van der Waals surface area contributed by atoms with E-state index in [4.69, 9.17) is 15.6 Å². The number of primary amides is 1. The third-order valence-electron chi connectivity index (χ3n) is 1.89. The number of ether oxygens (including phenoxy) is 1. The summed E-state index contributed by atoms with van der Waals surface area (Å²) >= 11 is 0. The maximum absolute atomic E-state index is 11.3. The monoisotopic (exact) mass is 273 g/mol. The van der Waals surface area contributed by atoms with Gasteiger partial charge in [0.15, 0.2) is 0 Å². The van der Waals surface area contributed by atoms with Crippen molar-refractivity contribution in [1.29, 1.82) is 0 Å². The standard InChI is InChI=1S/C11H19N3O5/c1-7(2)6-19-4-3-13-11(18)14-8(10(16)17)5-9(12)15/h8H,1,3-6H2,2H3,(H2,12,15)(H,16,17)(H2,13,14,18)/t8-/m0/s1. The highest BCUT2D eigenvalue weighted by atomic mass is 16.5. The molecule has 0 aromatic heterocycles.